The maximum atomic E-state index is 12.4. The van der Waals surface area contributed by atoms with Crippen molar-refractivity contribution < 1.29 is 19.2 Å². The van der Waals surface area contributed by atoms with Crippen LogP contribution in [0.1, 0.15) is 13.3 Å². The van der Waals surface area contributed by atoms with Crippen LogP contribution in [0.4, 0.5) is 10.6 Å². The lowest BCUT2D eigenvalue weighted by atomic mass is 9.91. The minimum absolute atomic E-state index is 0.125. The maximum absolute atomic E-state index is 12.4. The van der Waals surface area contributed by atoms with Gasteiger partial charge < -0.3 is 14.5 Å². The van der Waals surface area contributed by atoms with Crippen molar-refractivity contribution in [3.63, 3.8) is 0 Å². The summed E-state index contributed by atoms with van der Waals surface area (Å²) in [5.74, 6) is -0.555. The van der Waals surface area contributed by atoms with Gasteiger partial charge in [-0.1, -0.05) is 35.8 Å². The molecule has 0 spiro atoms. The second-order valence-electron chi connectivity index (χ2n) is 6.30. The third kappa shape index (κ3) is 4.11. The summed E-state index contributed by atoms with van der Waals surface area (Å²) in [6, 6.07) is 8.31. The molecule has 2 unspecified atom stereocenters. The van der Waals surface area contributed by atoms with Gasteiger partial charge in [-0.15, -0.1) is 0 Å². The quantitative estimate of drug-likeness (QED) is 0.869. The van der Waals surface area contributed by atoms with Crippen LogP contribution in [0, 0.1) is 11.8 Å². The molecule has 1 fully saturated rings. The van der Waals surface area contributed by atoms with Gasteiger partial charge in [0, 0.05) is 29.7 Å². The SMILES string of the molecule is CC1CC(C(=O)O)CN(C(=O)Nc2cc(-c3cccc(Cl)c3)on2)C1. The van der Waals surface area contributed by atoms with Gasteiger partial charge >= 0.3 is 12.0 Å². The van der Waals surface area contributed by atoms with Crippen molar-refractivity contribution >= 4 is 29.4 Å². The number of carboxylic acid groups (broad SMARTS) is 1. The van der Waals surface area contributed by atoms with E-state index in [4.69, 9.17) is 16.1 Å². The van der Waals surface area contributed by atoms with Gasteiger partial charge in [0.25, 0.3) is 0 Å². The molecule has 132 valence electrons. The molecule has 1 saturated heterocycles. The zero-order chi connectivity index (χ0) is 18.0. The number of benzene rings is 1. The predicted octanol–water partition coefficient (Wildman–Crippen LogP) is 3.57. The van der Waals surface area contributed by atoms with Crippen LogP contribution in [-0.2, 0) is 4.79 Å². The van der Waals surface area contributed by atoms with Crippen LogP contribution in [0.3, 0.4) is 0 Å². The number of amides is 2. The number of hydrogen-bond acceptors (Lipinski definition) is 4. The molecule has 7 nitrogen and oxygen atoms in total. The summed E-state index contributed by atoms with van der Waals surface area (Å²) in [5.41, 5.74) is 0.748. The lowest BCUT2D eigenvalue weighted by Gasteiger charge is -2.34. The van der Waals surface area contributed by atoms with Crippen molar-refractivity contribution in [2.45, 2.75) is 13.3 Å². The number of nitrogens with zero attached hydrogens (tertiary/aromatic N) is 2. The summed E-state index contributed by atoms with van der Waals surface area (Å²) in [6.45, 7) is 2.63. The van der Waals surface area contributed by atoms with Gasteiger partial charge in [-0.3, -0.25) is 10.1 Å². The lowest BCUT2D eigenvalue weighted by Crippen LogP contribution is -2.47. The zero-order valence-electron chi connectivity index (χ0n) is 13.6. The molecule has 0 bridgehead atoms. The number of aromatic nitrogens is 1. The number of carbonyl (C=O) groups excluding carboxylic acids is 1. The Hall–Kier alpha value is -2.54. The van der Waals surface area contributed by atoms with E-state index >= 15 is 0 Å². The monoisotopic (exact) mass is 363 g/mol. The fourth-order valence-corrected chi connectivity index (χ4v) is 3.19. The molecule has 2 N–H and O–H groups in total. The standard InChI is InChI=1S/C17H18ClN3O4/c1-10-5-12(16(22)23)9-21(8-10)17(24)19-15-7-14(25-20-15)11-3-2-4-13(18)6-11/h2-4,6-7,10,12H,5,8-9H2,1H3,(H,22,23)(H,19,20,24). The van der Waals surface area contributed by atoms with Crippen molar-refractivity contribution in [1.82, 2.24) is 10.1 Å². The van der Waals surface area contributed by atoms with Crippen LogP contribution in [0.2, 0.25) is 5.02 Å². The van der Waals surface area contributed by atoms with Gasteiger partial charge in [0.2, 0.25) is 0 Å². The summed E-state index contributed by atoms with van der Waals surface area (Å²) in [4.78, 5) is 25.1. The van der Waals surface area contributed by atoms with Crippen LogP contribution in [-0.4, -0.2) is 40.3 Å². The smallest absolute Gasteiger partial charge is 0.323 e. The number of rotatable bonds is 3. The molecule has 1 aromatic carbocycles. The van der Waals surface area contributed by atoms with Gasteiger partial charge in [0.15, 0.2) is 11.6 Å². The third-order valence-corrected chi connectivity index (χ3v) is 4.39. The van der Waals surface area contributed by atoms with E-state index in [9.17, 15) is 14.7 Å². The van der Waals surface area contributed by atoms with Crippen molar-refractivity contribution in [2.75, 3.05) is 18.4 Å². The molecule has 25 heavy (non-hydrogen) atoms. The minimum Gasteiger partial charge on any atom is -0.481 e. The van der Waals surface area contributed by atoms with E-state index in [-0.39, 0.29) is 24.3 Å². The maximum Gasteiger partial charge on any atom is 0.323 e. The van der Waals surface area contributed by atoms with Crippen molar-refractivity contribution in [3.05, 3.63) is 35.4 Å². The number of halogens is 1. The van der Waals surface area contributed by atoms with E-state index in [0.717, 1.165) is 5.56 Å². The first-order chi connectivity index (χ1) is 11.9. The largest absolute Gasteiger partial charge is 0.481 e. The van der Waals surface area contributed by atoms with E-state index in [1.807, 2.05) is 13.0 Å². The van der Waals surface area contributed by atoms with E-state index in [1.54, 1.807) is 24.3 Å². The van der Waals surface area contributed by atoms with E-state index in [1.165, 1.54) is 4.90 Å². The van der Waals surface area contributed by atoms with Gasteiger partial charge in [-0.25, -0.2) is 4.79 Å². The predicted molar refractivity (Wildman–Crippen MR) is 92.4 cm³/mol. The summed E-state index contributed by atoms with van der Waals surface area (Å²) in [6.07, 6.45) is 0.571. The molecule has 1 aliphatic rings. The Labute approximate surface area is 149 Å². The molecule has 1 aromatic heterocycles. The minimum atomic E-state index is -0.881. The van der Waals surface area contributed by atoms with E-state index in [0.29, 0.717) is 23.7 Å². The Morgan fingerprint density at radius 1 is 1.36 bits per heavy atom. The number of piperidine rings is 1. The first-order valence-electron chi connectivity index (χ1n) is 7.93. The highest BCUT2D eigenvalue weighted by molar-refractivity contribution is 6.30. The van der Waals surface area contributed by atoms with Crippen LogP contribution in [0.25, 0.3) is 11.3 Å². The van der Waals surface area contributed by atoms with Gasteiger partial charge in [-0.2, -0.15) is 0 Å². The Morgan fingerprint density at radius 3 is 2.88 bits per heavy atom. The second-order valence-corrected chi connectivity index (χ2v) is 6.73. The molecule has 0 aliphatic carbocycles. The fraction of sp³-hybridized carbons (Fsp3) is 0.353. The van der Waals surface area contributed by atoms with Crippen LogP contribution in [0.5, 0.6) is 0 Å². The number of carbonyl (C=O) groups is 2. The summed E-state index contributed by atoms with van der Waals surface area (Å²) >= 11 is 5.95. The number of hydrogen-bond donors (Lipinski definition) is 2. The molecule has 8 heteroatoms. The first kappa shape index (κ1) is 17.3. The zero-order valence-corrected chi connectivity index (χ0v) is 14.4. The van der Waals surface area contributed by atoms with Gasteiger partial charge in [0.05, 0.1) is 5.92 Å². The Kier molecular flexibility index (Phi) is 4.94. The topological polar surface area (TPSA) is 95.7 Å². The summed E-state index contributed by atoms with van der Waals surface area (Å²) in [7, 11) is 0. The van der Waals surface area contributed by atoms with E-state index < -0.39 is 11.9 Å². The van der Waals surface area contributed by atoms with Gasteiger partial charge in [-0.05, 0) is 24.5 Å². The van der Waals surface area contributed by atoms with Crippen LogP contribution < -0.4 is 5.32 Å². The van der Waals surface area contributed by atoms with Crippen LogP contribution in [0.15, 0.2) is 34.9 Å². The molecule has 2 aromatic rings. The Balaban J connectivity index is 1.68. The third-order valence-electron chi connectivity index (χ3n) is 4.15. The highest BCUT2D eigenvalue weighted by Crippen LogP contribution is 2.26. The molecule has 0 saturated carbocycles. The fourth-order valence-electron chi connectivity index (χ4n) is 3.00. The molecule has 0 radical (unpaired) electrons. The van der Waals surface area contributed by atoms with Crippen molar-refractivity contribution in [2.24, 2.45) is 11.8 Å². The molecule has 2 atom stereocenters. The number of anilines is 1. The van der Waals surface area contributed by atoms with Crippen molar-refractivity contribution in [1.29, 1.82) is 0 Å². The molecular formula is C17H18ClN3O4. The number of urea groups is 1. The van der Waals surface area contributed by atoms with E-state index in [2.05, 4.69) is 10.5 Å². The first-order valence-corrected chi connectivity index (χ1v) is 8.31. The molecule has 2 amide bonds. The molecule has 3 rings (SSSR count). The number of likely N-dealkylation sites (tertiary alicyclic amines) is 1. The normalized spacial score (nSPS) is 20.3. The van der Waals surface area contributed by atoms with Crippen LogP contribution >= 0.6 is 11.6 Å². The number of carboxylic acids is 1. The average molecular weight is 364 g/mol. The molecule has 2 heterocycles. The lowest BCUT2D eigenvalue weighted by molar-refractivity contribution is -0.143. The van der Waals surface area contributed by atoms with Gasteiger partial charge in [0.1, 0.15) is 0 Å². The molecular weight excluding hydrogens is 346 g/mol. The second kappa shape index (κ2) is 7.14. The highest BCUT2D eigenvalue weighted by atomic mass is 35.5. The Bertz CT molecular complexity index is 792. The summed E-state index contributed by atoms with van der Waals surface area (Å²) < 4.78 is 5.24. The highest BCUT2D eigenvalue weighted by Gasteiger charge is 2.32. The average Bonchev–Trinajstić information content (AvgIpc) is 3.02. The van der Waals surface area contributed by atoms with Crippen molar-refractivity contribution in [3.8, 4) is 11.3 Å². The summed E-state index contributed by atoms with van der Waals surface area (Å²) in [5, 5.41) is 16.3. The Morgan fingerprint density at radius 2 is 2.16 bits per heavy atom. The number of aliphatic carboxylic acids is 1. The molecule has 1 aliphatic heterocycles. The number of nitrogens with one attached hydrogen (secondary N) is 1.